The second-order valence-corrected chi connectivity index (χ2v) is 18.7. The summed E-state index contributed by atoms with van der Waals surface area (Å²) in [6, 6.07) is 31.8. The SMILES string of the molecule is C=CC(=O)OCCCCCCOc1ccc(C(=O)Oc2ccc(OCCCCCCCCOc3ccc(C#Cc4ccc5cc(OCCCCCCOC(=O)C=C)ccc5c4)cc3)c(C(=O)OCCCCCCC)c2)cc1. The summed E-state index contributed by atoms with van der Waals surface area (Å²) >= 11 is 0. The van der Waals surface area contributed by atoms with Gasteiger partial charge in [-0.3, -0.25) is 0 Å². The van der Waals surface area contributed by atoms with Gasteiger partial charge in [-0.1, -0.05) is 95.4 Å². The van der Waals surface area contributed by atoms with E-state index in [-0.39, 0.29) is 17.3 Å². The quantitative estimate of drug-likeness (QED) is 0.00927. The van der Waals surface area contributed by atoms with Crippen LogP contribution in [0.15, 0.2) is 128 Å². The molecule has 0 bridgehead atoms. The molecule has 0 aliphatic rings. The lowest BCUT2D eigenvalue weighted by atomic mass is 10.1. The molecule has 12 nitrogen and oxygen atoms in total. The van der Waals surface area contributed by atoms with Gasteiger partial charge in [0.25, 0.3) is 0 Å². The Kier molecular flexibility index (Phi) is 28.6. The van der Waals surface area contributed by atoms with Crippen molar-refractivity contribution in [2.45, 2.75) is 129 Å². The van der Waals surface area contributed by atoms with Crippen LogP contribution in [0.4, 0.5) is 0 Å². The molecule has 0 fully saturated rings. The van der Waals surface area contributed by atoms with Gasteiger partial charge >= 0.3 is 23.9 Å². The van der Waals surface area contributed by atoms with Crippen molar-refractivity contribution in [3.8, 4) is 40.6 Å². The van der Waals surface area contributed by atoms with E-state index < -0.39 is 17.9 Å². The maximum Gasteiger partial charge on any atom is 0.343 e. The number of hydrogen-bond acceptors (Lipinski definition) is 12. The predicted molar refractivity (Wildman–Crippen MR) is 302 cm³/mol. The Balaban J connectivity index is 0.965. The molecular formula is C65H78O12. The molecule has 5 aromatic rings. The van der Waals surface area contributed by atoms with Gasteiger partial charge in [-0.2, -0.15) is 0 Å². The first-order valence-corrected chi connectivity index (χ1v) is 27.6. The zero-order valence-electron chi connectivity index (χ0n) is 45.2. The number of ether oxygens (including phenoxy) is 8. The minimum absolute atomic E-state index is 0.214. The minimum atomic E-state index is -0.565. The number of carbonyl (C=O) groups is 4. The van der Waals surface area contributed by atoms with E-state index in [9.17, 15) is 19.2 Å². The molecule has 5 rings (SSSR count). The Morgan fingerprint density at radius 1 is 0.403 bits per heavy atom. The predicted octanol–water partition coefficient (Wildman–Crippen LogP) is 14.7. The van der Waals surface area contributed by atoms with E-state index in [1.807, 2.05) is 36.4 Å². The third kappa shape index (κ3) is 24.4. The molecule has 0 unspecified atom stereocenters. The highest BCUT2D eigenvalue weighted by Gasteiger charge is 2.18. The van der Waals surface area contributed by atoms with Crippen molar-refractivity contribution >= 4 is 34.6 Å². The molecule has 0 saturated heterocycles. The molecule has 0 N–H and O–H groups in total. The lowest BCUT2D eigenvalue weighted by Crippen LogP contribution is -2.12. The van der Waals surface area contributed by atoms with Crippen LogP contribution in [0.2, 0.25) is 0 Å². The van der Waals surface area contributed by atoms with E-state index in [0.29, 0.717) is 63.3 Å². The fourth-order valence-electron chi connectivity index (χ4n) is 8.07. The van der Waals surface area contributed by atoms with Crippen molar-refractivity contribution < 1.29 is 57.1 Å². The van der Waals surface area contributed by atoms with Crippen LogP contribution in [-0.2, 0) is 23.8 Å². The summed E-state index contributed by atoms with van der Waals surface area (Å²) in [7, 11) is 0. The first-order valence-electron chi connectivity index (χ1n) is 27.6. The summed E-state index contributed by atoms with van der Waals surface area (Å²) in [5, 5.41) is 2.20. The molecule has 5 aromatic carbocycles. The van der Waals surface area contributed by atoms with Crippen LogP contribution in [0.1, 0.15) is 161 Å². The molecule has 410 valence electrons. The number of carbonyl (C=O) groups excluding carboxylic acids is 4. The number of fused-ring (bicyclic) bond motifs is 1. The Morgan fingerprint density at radius 2 is 0.831 bits per heavy atom. The fraction of sp³-hybridized carbons (Fsp3) is 0.415. The highest BCUT2D eigenvalue weighted by atomic mass is 16.5. The Bertz CT molecular complexity index is 2640. The standard InChI is InChI=1S/C65H78O12/c1-4-7-8-11-24-47-76-65(69)60-50-59(77-64(68)53-31-36-57(37-32-53)71-42-19-14-16-22-45-74-62(66)5-2)39-40-61(60)73-44-21-13-10-9-12-18-41-70-56-34-28-51(29-35-56)25-26-52-27-30-55-49-58(38-33-54(55)48-52)72-43-20-15-17-23-46-75-63(67)6-3/h5-6,27-40,48-50H,2-4,7-24,41-47H2,1H3. The van der Waals surface area contributed by atoms with E-state index >= 15 is 0 Å². The van der Waals surface area contributed by atoms with Crippen molar-refractivity contribution in [2.24, 2.45) is 0 Å². The van der Waals surface area contributed by atoms with E-state index in [0.717, 1.165) is 161 Å². The molecule has 77 heavy (non-hydrogen) atoms. The zero-order chi connectivity index (χ0) is 54.6. The third-order valence-electron chi connectivity index (χ3n) is 12.5. The lowest BCUT2D eigenvalue weighted by molar-refractivity contribution is -0.138. The molecule has 0 spiro atoms. The highest BCUT2D eigenvalue weighted by molar-refractivity contribution is 5.94. The molecule has 0 heterocycles. The third-order valence-corrected chi connectivity index (χ3v) is 12.5. The topological polar surface area (TPSA) is 142 Å². The number of rotatable bonds is 38. The van der Waals surface area contributed by atoms with Gasteiger partial charge in [-0.25, -0.2) is 19.2 Å². The molecule has 0 aliphatic heterocycles. The fourth-order valence-corrected chi connectivity index (χ4v) is 8.07. The van der Waals surface area contributed by atoms with Gasteiger partial charge in [-0.05, 0) is 172 Å². The van der Waals surface area contributed by atoms with Gasteiger partial charge in [0.05, 0.1) is 51.8 Å². The smallest absolute Gasteiger partial charge is 0.343 e. The van der Waals surface area contributed by atoms with Gasteiger partial charge in [0, 0.05) is 23.3 Å². The van der Waals surface area contributed by atoms with E-state index in [1.54, 1.807) is 36.4 Å². The van der Waals surface area contributed by atoms with Crippen LogP contribution >= 0.6 is 0 Å². The highest BCUT2D eigenvalue weighted by Crippen LogP contribution is 2.28. The van der Waals surface area contributed by atoms with Gasteiger partial charge in [0.1, 0.15) is 34.3 Å². The largest absolute Gasteiger partial charge is 0.494 e. The first-order chi connectivity index (χ1) is 37.7. The molecule has 0 atom stereocenters. The molecule has 0 saturated carbocycles. The van der Waals surface area contributed by atoms with Crippen LogP contribution in [-0.4, -0.2) is 70.1 Å². The van der Waals surface area contributed by atoms with Crippen LogP contribution < -0.4 is 23.7 Å². The maximum atomic E-state index is 13.3. The zero-order valence-corrected chi connectivity index (χ0v) is 45.2. The second kappa shape index (κ2) is 36.5. The van der Waals surface area contributed by atoms with E-state index in [4.69, 9.17) is 37.9 Å². The van der Waals surface area contributed by atoms with Gasteiger partial charge in [-0.15, -0.1) is 0 Å². The first kappa shape index (κ1) is 60.3. The van der Waals surface area contributed by atoms with Crippen LogP contribution in [0.5, 0.6) is 28.7 Å². The molecule has 0 aliphatic carbocycles. The minimum Gasteiger partial charge on any atom is -0.494 e. The molecule has 0 aromatic heterocycles. The van der Waals surface area contributed by atoms with Crippen molar-refractivity contribution in [1.29, 1.82) is 0 Å². The van der Waals surface area contributed by atoms with Crippen molar-refractivity contribution in [2.75, 3.05) is 46.2 Å². The monoisotopic (exact) mass is 1050 g/mol. The van der Waals surface area contributed by atoms with Gasteiger partial charge in [0.15, 0.2) is 0 Å². The van der Waals surface area contributed by atoms with E-state index in [1.165, 1.54) is 12.1 Å². The number of hydrogen-bond donors (Lipinski definition) is 0. The van der Waals surface area contributed by atoms with Crippen molar-refractivity contribution in [3.63, 3.8) is 0 Å². The number of esters is 4. The van der Waals surface area contributed by atoms with Gasteiger partial charge in [0.2, 0.25) is 0 Å². The average molecular weight is 1050 g/mol. The molecular weight excluding hydrogens is 973 g/mol. The normalized spacial score (nSPS) is 10.7. The Labute approximate surface area is 456 Å². The Morgan fingerprint density at radius 3 is 1.40 bits per heavy atom. The van der Waals surface area contributed by atoms with Crippen LogP contribution in [0, 0.1) is 11.8 Å². The molecule has 0 amide bonds. The van der Waals surface area contributed by atoms with Crippen LogP contribution in [0.3, 0.4) is 0 Å². The molecule has 0 radical (unpaired) electrons. The van der Waals surface area contributed by atoms with Crippen molar-refractivity contribution in [3.05, 3.63) is 151 Å². The second-order valence-electron chi connectivity index (χ2n) is 18.7. The van der Waals surface area contributed by atoms with Crippen LogP contribution in [0.25, 0.3) is 10.8 Å². The lowest BCUT2D eigenvalue weighted by Gasteiger charge is -2.13. The Hall–Kier alpha value is -7.52. The summed E-state index contributed by atoms with van der Waals surface area (Å²) in [5.41, 5.74) is 2.42. The number of benzene rings is 5. The average Bonchev–Trinajstić information content (AvgIpc) is 3.45. The van der Waals surface area contributed by atoms with E-state index in [2.05, 4.69) is 56.2 Å². The maximum absolute atomic E-state index is 13.3. The summed E-state index contributed by atoms with van der Waals surface area (Å²) in [4.78, 5) is 48.7. The summed E-state index contributed by atoms with van der Waals surface area (Å²) in [6.45, 7) is 12.3. The van der Waals surface area contributed by atoms with Crippen molar-refractivity contribution in [1.82, 2.24) is 0 Å². The summed E-state index contributed by atoms with van der Waals surface area (Å²) in [6.07, 6.45) is 20.7. The molecule has 12 heteroatoms. The number of unbranched alkanes of at least 4 members (excludes halogenated alkanes) is 15. The van der Waals surface area contributed by atoms with Gasteiger partial charge < -0.3 is 37.9 Å². The summed E-state index contributed by atoms with van der Waals surface area (Å²) < 4.78 is 45.3. The summed E-state index contributed by atoms with van der Waals surface area (Å²) in [5.74, 6) is 7.62.